The first-order valence-electron chi connectivity index (χ1n) is 4.29. The fourth-order valence-electron chi connectivity index (χ4n) is 0.914. The van der Waals surface area contributed by atoms with Crippen molar-refractivity contribution in [1.82, 2.24) is 0 Å². The zero-order chi connectivity index (χ0) is 11.1. The van der Waals surface area contributed by atoms with Crippen molar-refractivity contribution in [1.29, 1.82) is 0 Å². The Bertz CT molecular complexity index is 177. The van der Waals surface area contributed by atoms with Gasteiger partial charge in [0.1, 0.15) is 6.17 Å². The second kappa shape index (κ2) is 6.62. The minimum atomic E-state index is -2.90. The number of hydrogen-bond acceptors (Lipinski definition) is 2. The maximum atomic E-state index is 12.8. The van der Waals surface area contributed by atoms with Crippen LogP contribution in [0.5, 0.6) is 0 Å². The third-order valence-electron chi connectivity index (χ3n) is 1.76. The summed E-state index contributed by atoms with van der Waals surface area (Å²) in [6, 6.07) is 0. The highest BCUT2D eigenvalue weighted by atomic mass is 19.3. The van der Waals surface area contributed by atoms with Gasteiger partial charge in [-0.25, -0.2) is 18.0 Å². The first kappa shape index (κ1) is 13.2. The van der Waals surface area contributed by atoms with Crippen LogP contribution in [0.25, 0.3) is 0 Å². The lowest BCUT2D eigenvalue weighted by Crippen LogP contribution is -2.34. The Morgan fingerprint density at radius 2 is 1.93 bits per heavy atom. The van der Waals surface area contributed by atoms with E-state index in [2.05, 4.69) is 4.94 Å². The molecule has 3 atom stereocenters. The van der Waals surface area contributed by atoms with E-state index >= 15 is 0 Å². The summed E-state index contributed by atoms with van der Waals surface area (Å²) in [5.74, 6) is -2.03. The van der Waals surface area contributed by atoms with Crippen LogP contribution in [0.1, 0.15) is 26.2 Å². The minimum absolute atomic E-state index is 0.197. The molecule has 0 fully saturated rings. The van der Waals surface area contributed by atoms with Gasteiger partial charge in [-0.3, -0.25) is 4.94 Å². The number of unbranched alkanes of at least 4 members (excludes halogenated alkanes) is 1. The highest BCUT2D eigenvalue weighted by molar-refractivity contribution is 5.74. The molecule has 3 unspecified atom stereocenters. The van der Waals surface area contributed by atoms with Crippen LogP contribution < -0.4 is 0 Å². The fraction of sp³-hybridized carbons (Fsp3) is 0.875. The summed E-state index contributed by atoms with van der Waals surface area (Å²) in [6.45, 7) is 1.75. The molecule has 0 aromatic carbocycles. The fourth-order valence-corrected chi connectivity index (χ4v) is 0.914. The molecule has 0 radical (unpaired) electrons. The van der Waals surface area contributed by atoms with Crippen LogP contribution in [-0.4, -0.2) is 24.5 Å². The van der Waals surface area contributed by atoms with Gasteiger partial charge in [-0.2, -0.15) is 0 Å². The van der Waals surface area contributed by atoms with E-state index in [0.717, 1.165) is 0 Å². The number of hydrogen-bond donors (Lipinski definition) is 0. The highest BCUT2D eigenvalue weighted by Crippen LogP contribution is 2.18. The maximum absolute atomic E-state index is 12.8. The molecule has 0 aliphatic carbocycles. The van der Waals surface area contributed by atoms with E-state index in [1.807, 2.05) is 0 Å². The summed E-state index contributed by atoms with van der Waals surface area (Å²) in [4.78, 5) is 12.6. The molecule has 2 nitrogen and oxygen atoms in total. The predicted molar refractivity (Wildman–Crippen MR) is 41.4 cm³/mol. The van der Waals surface area contributed by atoms with Crippen LogP contribution in [0.3, 0.4) is 0 Å². The Labute approximate surface area is 79.1 Å². The third-order valence-corrected chi connectivity index (χ3v) is 1.76. The first-order valence-corrected chi connectivity index (χ1v) is 4.29. The van der Waals surface area contributed by atoms with Crippen LogP contribution in [-0.2, 0) is 9.74 Å². The van der Waals surface area contributed by atoms with E-state index < -0.39 is 24.5 Å². The van der Waals surface area contributed by atoms with Gasteiger partial charge in [0.15, 0.2) is 6.17 Å². The molecule has 0 bridgehead atoms. The van der Waals surface area contributed by atoms with Gasteiger partial charge in [0.2, 0.25) is 6.17 Å². The number of carbonyl (C=O) groups is 1. The lowest BCUT2D eigenvalue weighted by atomic mass is 10.1. The Morgan fingerprint density at radius 1 is 1.36 bits per heavy atom. The summed E-state index contributed by atoms with van der Waals surface area (Å²) in [7, 11) is 0. The van der Waals surface area contributed by atoms with E-state index in [4.69, 9.17) is 0 Å². The Morgan fingerprint density at radius 3 is 2.36 bits per heavy atom. The summed E-state index contributed by atoms with van der Waals surface area (Å²) >= 11 is 0. The van der Waals surface area contributed by atoms with Gasteiger partial charge in [-0.15, -0.1) is 0 Å². The molecule has 0 saturated heterocycles. The molecule has 0 aliphatic heterocycles. The minimum Gasteiger partial charge on any atom is -0.251 e. The summed E-state index contributed by atoms with van der Waals surface area (Å²) in [5, 5.41) is 0. The molecule has 0 spiro atoms. The highest BCUT2D eigenvalue weighted by Gasteiger charge is 2.36. The molecule has 0 aromatic heterocycles. The van der Waals surface area contributed by atoms with Crippen LogP contribution >= 0.6 is 0 Å². The van der Waals surface area contributed by atoms with E-state index in [1.54, 1.807) is 6.92 Å². The van der Waals surface area contributed by atoms with Gasteiger partial charge >= 0.3 is 5.97 Å². The standard InChI is InChI=1S/C8H12F4O2/c1-2-3-4-5(9)6(10)7(11)8(13)14-12/h5-7H,2-4H2,1H3. The molecule has 14 heavy (non-hydrogen) atoms. The van der Waals surface area contributed by atoms with Crippen molar-refractivity contribution in [3.05, 3.63) is 0 Å². The van der Waals surface area contributed by atoms with Gasteiger partial charge in [0.05, 0.1) is 0 Å². The van der Waals surface area contributed by atoms with Crippen molar-refractivity contribution in [2.75, 3.05) is 0 Å². The zero-order valence-corrected chi connectivity index (χ0v) is 7.68. The van der Waals surface area contributed by atoms with Crippen molar-refractivity contribution >= 4 is 5.97 Å². The van der Waals surface area contributed by atoms with E-state index in [-0.39, 0.29) is 6.42 Å². The van der Waals surface area contributed by atoms with Gasteiger partial charge < -0.3 is 0 Å². The quantitative estimate of drug-likeness (QED) is 0.638. The third kappa shape index (κ3) is 3.93. The summed E-state index contributed by atoms with van der Waals surface area (Å²) < 4.78 is 49.2. The van der Waals surface area contributed by atoms with Crippen molar-refractivity contribution in [2.24, 2.45) is 0 Å². The maximum Gasteiger partial charge on any atom is 0.385 e. The van der Waals surface area contributed by atoms with Gasteiger partial charge in [-0.1, -0.05) is 19.8 Å². The van der Waals surface area contributed by atoms with Gasteiger partial charge in [0, 0.05) is 4.53 Å². The van der Waals surface area contributed by atoms with E-state index in [1.165, 1.54) is 0 Å². The molecule has 0 aliphatic rings. The first-order chi connectivity index (χ1) is 6.54. The summed E-state index contributed by atoms with van der Waals surface area (Å²) in [6.07, 6.45) is -6.87. The molecule has 0 rings (SSSR count). The zero-order valence-electron chi connectivity index (χ0n) is 7.68. The number of halogens is 4. The molecule has 84 valence electrons. The topological polar surface area (TPSA) is 26.3 Å². The number of alkyl halides is 3. The number of rotatable bonds is 6. The smallest absolute Gasteiger partial charge is 0.251 e. The van der Waals surface area contributed by atoms with E-state index in [0.29, 0.717) is 12.8 Å². The van der Waals surface area contributed by atoms with Crippen molar-refractivity contribution < 1.29 is 27.4 Å². The number of carbonyl (C=O) groups excluding carboxylic acids is 1. The lowest BCUT2D eigenvalue weighted by Gasteiger charge is -2.14. The molecule has 0 amide bonds. The molecule has 0 heterocycles. The normalized spacial score (nSPS) is 17.2. The second-order valence-corrected chi connectivity index (χ2v) is 2.90. The molecule has 0 N–H and O–H groups in total. The van der Waals surface area contributed by atoms with Crippen LogP contribution in [0.2, 0.25) is 0 Å². The molecule has 0 aromatic rings. The SMILES string of the molecule is CCCCC(F)C(F)C(F)C(=O)OF. The summed E-state index contributed by atoms with van der Waals surface area (Å²) in [5.41, 5.74) is 0. The van der Waals surface area contributed by atoms with Crippen molar-refractivity contribution in [3.63, 3.8) is 0 Å². The Hall–Kier alpha value is -0.810. The second-order valence-electron chi connectivity index (χ2n) is 2.90. The lowest BCUT2D eigenvalue weighted by molar-refractivity contribution is -0.193. The van der Waals surface area contributed by atoms with Gasteiger partial charge in [-0.05, 0) is 6.42 Å². The van der Waals surface area contributed by atoms with E-state index in [9.17, 15) is 22.5 Å². The Balaban J connectivity index is 4.02. The van der Waals surface area contributed by atoms with Crippen LogP contribution in [0.15, 0.2) is 0 Å². The Kier molecular flexibility index (Phi) is 6.23. The molecule has 6 heteroatoms. The van der Waals surface area contributed by atoms with Crippen LogP contribution in [0, 0.1) is 0 Å². The average Bonchev–Trinajstić information content (AvgIpc) is 2.22. The van der Waals surface area contributed by atoms with Crippen molar-refractivity contribution in [3.8, 4) is 0 Å². The monoisotopic (exact) mass is 216 g/mol. The van der Waals surface area contributed by atoms with Crippen molar-refractivity contribution in [2.45, 2.75) is 44.7 Å². The molecular weight excluding hydrogens is 204 g/mol. The average molecular weight is 216 g/mol. The van der Waals surface area contributed by atoms with Crippen LogP contribution in [0.4, 0.5) is 17.7 Å². The molecular formula is C8H12F4O2. The predicted octanol–water partition coefficient (Wildman–Crippen LogP) is 2.62. The van der Waals surface area contributed by atoms with Gasteiger partial charge in [0.25, 0.3) is 0 Å². The molecule has 0 saturated carbocycles. The largest absolute Gasteiger partial charge is 0.385 e.